The minimum absolute atomic E-state index is 0.00844. The summed E-state index contributed by atoms with van der Waals surface area (Å²) >= 11 is 5.93. The number of carbonyl (C=O) groups excluding carboxylic acids is 2. The summed E-state index contributed by atoms with van der Waals surface area (Å²) in [7, 11) is 0. The molecule has 2 amide bonds. The van der Waals surface area contributed by atoms with Crippen molar-refractivity contribution in [3.63, 3.8) is 0 Å². The number of carbonyl (C=O) groups is 2. The first kappa shape index (κ1) is 16.4. The molecule has 2 aromatic rings. The van der Waals surface area contributed by atoms with Crippen molar-refractivity contribution in [2.75, 3.05) is 19.6 Å². The predicted octanol–water partition coefficient (Wildman–Crippen LogP) is 0.317. The summed E-state index contributed by atoms with van der Waals surface area (Å²) in [4.78, 5) is 23.8. The molecule has 1 saturated heterocycles. The van der Waals surface area contributed by atoms with Crippen LogP contribution in [0.25, 0.3) is 11.3 Å². The summed E-state index contributed by atoms with van der Waals surface area (Å²) in [6, 6.07) is 8.56. The molecule has 0 saturated carbocycles. The van der Waals surface area contributed by atoms with Gasteiger partial charge in [0, 0.05) is 29.7 Å². The minimum Gasteiger partial charge on any atom is -0.350 e. The molecule has 0 spiro atoms. The second-order valence-corrected chi connectivity index (χ2v) is 5.73. The lowest BCUT2D eigenvalue weighted by molar-refractivity contribution is -0.120. The Morgan fingerprint density at radius 3 is 2.83 bits per heavy atom. The molecule has 1 aromatic carbocycles. The van der Waals surface area contributed by atoms with Crippen LogP contribution in [0.4, 0.5) is 0 Å². The average molecular weight is 350 g/mol. The SMILES string of the molecule is O=C(CNC(=O)c1cc(-c2cccc(Cl)c2)no1)NC1CNNC1. The lowest BCUT2D eigenvalue weighted by Gasteiger charge is -2.10. The highest BCUT2D eigenvalue weighted by atomic mass is 35.5. The number of rotatable bonds is 5. The van der Waals surface area contributed by atoms with E-state index in [2.05, 4.69) is 26.6 Å². The molecule has 9 heteroatoms. The van der Waals surface area contributed by atoms with Gasteiger partial charge in [-0.25, -0.2) is 0 Å². The number of amides is 2. The maximum atomic E-state index is 12.0. The predicted molar refractivity (Wildman–Crippen MR) is 87.2 cm³/mol. The monoisotopic (exact) mass is 349 g/mol. The summed E-state index contributed by atoms with van der Waals surface area (Å²) < 4.78 is 5.03. The molecule has 0 unspecified atom stereocenters. The number of aromatic nitrogens is 1. The first-order chi connectivity index (χ1) is 11.6. The zero-order chi connectivity index (χ0) is 16.9. The third-order valence-corrected chi connectivity index (χ3v) is 3.69. The van der Waals surface area contributed by atoms with E-state index >= 15 is 0 Å². The van der Waals surface area contributed by atoms with Gasteiger partial charge in [-0.1, -0.05) is 28.9 Å². The Kier molecular flexibility index (Phi) is 5.09. The minimum atomic E-state index is -0.506. The fraction of sp³-hybridized carbons (Fsp3) is 0.267. The lowest BCUT2D eigenvalue weighted by atomic mass is 10.1. The van der Waals surface area contributed by atoms with Crippen molar-refractivity contribution in [3.8, 4) is 11.3 Å². The highest BCUT2D eigenvalue weighted by Gasteiger charge is 2.18. The lowest BCUT2D eigenvalue weighted by Crippen LogP contribution is -2.44. The molecule has 2 heterocycles. The molecule has 0 radical (unpaired) electrons. The van der Waals surface area contributed by atoms with Crippen molar-refractivity contribution in [1.82, 2.24) is 26.6 Å². The van der Waals surface area contributed by atoms with Gasteiger partial charge in [0.2, 0.25) is 11.7 Å². The first-order valence-corrected chi connectivity index (χ1v) is 7.75. The molecule has 24 heavy (non-hydrogen) atoms. The first-order valence-electron chi connectivity index (χ1n) is 7.38. The summed E-state index contributed by atoms with van der Waals surface area (Å²) in [6.45, 7) is 1.15. The van der Waals surface area contributed by atoms with E-state index in [4.69, 9.17) is 16.1 Å². The molecule has 126 valence electrons. The van der Waals surface area contributed by atoms with Crippen molar-refractivity contribution in [3.05, 3.63) is 41.1 Å². The van der Waals surface area contributed by atoms with E-state index in [9.17, 15) is 9.59 Å². The number of nitrogens with zero attached hydrogens (tertiary/aromatic N) is 1. The number of hydrazine groups is 1. The molecule has 4 N–H and O–H groups in total. The second kappa shape index (κ2) is 7.43. The van der Waals surface area contributed by atoms with Crippen LogP contribution in [0.3, 0.4) is 0 Å². The third kappa shape index (κ3) is 4.10. The van der Waals surface area contributed by atoms with Crippen molar-refractivity contribution >= 4 is 23.4 Å². The Balaban J connectivity index is 1.54. The van der Waals surface area contributed by atoms with Crippen LogP contribution in [0.5, 0.6) is 0 Å². The van der Waals surface area contributed by atoms with E-state index in [1.807, 2.05) is 6.07 Å². The molecule has 0 atom stereocenters. The standard InChI is InChI=1S/C15H16ClN5O3/c16-10-3-1-2-9(4-10)12-5-13(24-21-12)15(23)17-8-14(22)20-11-6-18-19-7-11/h1-5,11,18-19H,6-8H2,(H,17,23)(H,20,22). The van der Waals surface area contributed by atoms with Gasteiger partial charge in [-0.3, -0.25) is 20.4 Å². The Morgan fingerprint density at radius 1 is 1.29 bits per heavy atom. The third-order valence-electron chi connectivity index (χ3n) is 3.45. The molecule has 0 bridgehead atoms. The number of benzene rings is 1. The molecule has 3 rings (SSSR count). The van der Waals surface area contributed by atoms with E-state index in [-0.39, 0.29) is 24.3 Å². The molecule has 1 fully saturated rings. The fourth-order valence-corrected chi connectivity index (χ4v) is 2.45. The van der Waals surface area contributed by atoms with Crippen LogP contribution < -0.4 is 21.5 Å². The molecule has 1 aromatic heterocycles. The summed E-state index contributed by atoms with van der Waals surface area (Å²) in [5.74, 6) is -0.746. The normalized spacial score (nSPS) is 14.5. The van der Waals surface area contributed by atoms with E-state index < -0.39 is 5.91 Å². The smallest absolute Gasteiger partial charge is 0.290 e. The van der Waals surface area contributed by atoms with Gasteiger partial charge in [0.1, 0.15) is 5.69 Å². The van der Waals surface area contributed by atoms with Crippen molar-refractivity contribution in [2.24, 2.45) is 0 Å². The van der Waals surface area contributed by atoms with Crippen LogP contribution in [0, 0.1) is 0 Å². The van der Waals surface area contributed by atoms with Crippen LogP contribution in [0.1, 0.15) is 10.6 Å². The highest BCUT2D eigenvalue weighted by molar-refractivity contribution is 6.30. The van der Waals surface area contributed by atoms with Gasteiger partial charge in [0.05, 0.1) is 12.6 Å². The Bertz CT molecular complexity index is 742. The molecule has 1 aliphatic rings. The van der Waals surface area contributed by atoms with Gasteiger partial charge in [0.25, 0.3) is 5.91 Å². The number of halogens is 1. The fourth-order valence-electron chi connectivity index (χ4n) is 2.26. The molecule has 1 aliphatic heterocycles. The zero-order valence-corrected chi connectivity index (χ0v) is 13.4. The van der Waals surface area contributed by atoms with Crippen molar-refractivity contribution in [1.29, 1.82) is 0 Å². The maximum Gasteiger partial charge on any atom is 0.290 e. The van der Waals surface area contributed by atoms with Gasteiger partial charge in [-0.15, -0.1) is 0 Å². The Hall–Kier alpha value is -2.42. The van der Waals surface area contributed by atoms with E-state index in [0.717, 1.165) is 5.56 Å². The average Bonchev–Trinajstić information content (AvgIpc) is 3.24. The largest absolute Gasteiger partial charge is 0.350 e. The van der Waals surface area contributed by atoms with Gasteiger partial charge in [-0.2, -0.15) is 0 Å². The second-order valence-electron chi connectivity index (χ2n) is 5.30. The van der Waals surface area contributed by atoms with Crippen molar-refractivity contribution < 1.29 is 14.1 Å². The Labute approximate surface area is 142 Å². The maximum absolute atomic E-state index is 12.0. The summed E-state index contributed by atoms with van der Waals surface area (Å²) in [5.41, 5.74) is 7.05. The van der Waals surface area contributed by atoms with Crippen LogP contribution in [0.2, 0.25) is 5.02 Å². The van der Waals surface area contributed by atoms with Gasteiger partial charge < -0.3 is 15.2 Å². The summed E-state index contributed by atoms with van der Waals surface area (Å²) in [6.07, 6.45) is 0. The zero-order valence-electron chi connectivity index (χ0n) is 12.6. The summed E-state index contributed by atoms with van der Waals surface area (Å²) in [5, 5.41) is 9.69. The van der Waals surface area contributed by atoms with Crippen LogP contribution >= 0.6 is 11.6 Å². The number of nitrogens with one attached hydrogen (secondary N) is 4. The quantitative estimate of drug-likeness (QED) is 0.619. The van der Waals surface area contributed by atoms with E-state index in [1.54, 1.807) is 18.2 Å². The number of hydrogen-bond donors (Lipinski definition) is 4. The molecular formula is C15H16ClN5O3. The van der Waals surface area contributed by atoms with Gasteiger partial charge in [0.15, 0.2) is 0 Å². The molecular weight excluding hydrogens is 334 g/mol. The van der Waals surface area contributed by atoms with Crippen molar-refractivity contribution in [2.45, 2.75) is 6.04 Å². The molecule has 0 aliphatic carbocycles. The molecule has 8 nitrogen and oxygen atoms in total. The van der Waals surface area contributed by atoms with Gasteiger partial charge in [-0.05, 0) is 12.1 Å². The Morgan fingerprint density at radius 2 is 2.08 bits per heavy atom. The highest BCUT2D eigenvalue weighted by Crippen LogP contribution is 2.22. The van der Waals surface area contributed by atoms with Crippen LogP contribution in [0.15, 0.2) is 34.9 Å². The van der Waals surface area contributed by atoms with Crippen LogP contribution in [-0.4, -0.2) is 42.6 Å². The van der Waals surface area contributed by atoms with Crippen LogP contribution in [-0.2, 0) is 4.79 Å². The van der Waals surface area contributed by atoms with Gasteiger partial charge >= 0.3 is 0 Å². The topological polar surface area (TPSA) is 108 Å². The number of hydrogen-bond acceptors (Lipinski definition) is 6. The van der Waals surface area contributed by atoms with E-state index in [0.29, 0.717) is 23.8 Å². The van der Waals surface area contributed by atoms with E-state index in [1.165, 1.54) is 6.07 Å².